The lowest BCUT2D eigenvalue weighted by atomic mass is 10.0. The normalized spacial score (nSPS) is 25.1. The SMILES string of the molecule is CNCC1CC(C)c2c(Br)cccc21. The Hall–Kier alpha value is -0.340. The van der Waals surface area contributed by atoms with Gasteiger partial charge in [-0.25, -0.2) is 0 Å². The third-order valence-electron chi connectivity index (χ3n) is 3.11. The maximum Gasteiger partial charge on any atom is 0.0212 e. The molecule has 0 spiro atoms. The highest BCUT2D eigenvalue weighted by molar-refractivity contribution is 9.10. The van der Waals surface area contributed by atoms with Crippen LogP contribution in [0.25, 0.3) is 0 Å². The molecule has 0 aromatic heterocycles. The summed E-state index contributed by atoms with van der Waals surface area (Å²) in [6.07, 6.45) is 1.28. The van der Waals surface area contributed by atoms with Crippen LogP contribution in [0, 0.1) is 0 Å². The van der Waals surface area contributed by atoms with Gasteiger partial charge in [-0.2, -0.15) is 0 Å². The third-order valence-corrected chi connectivity index (χ3v) is 3.80. The largest absolute Gasteiger partial charge is 0.319 e. The van der Waals surface area contributed by atoms with Crippen molar-refractivity contribution in [2.75, 3.05) is 13.6 Å². The van der Waals surface area contributed by atoms with Crippen molar-refractivity contribution in [1.82, 2.24) is 5.32 Å². The van der Waals surface area contributed by atoms with Crippen LogP contribution in [0.1, 0.15) is 36.3 Å². The second kappa shape index (κ2) is 4.03. The maximum absolute atomic E-state index is 3.65. The van der Waals surface area contributed by atoms with E-state index in [1.54, 1.807) is 0 Å². The van der Waals surface area contributed by atoms with Crippen LogP contribution in [-0.2, 0) is 0 Å². The molecule has 0 heterocycles. The lowest BCUT2D eigenvalue weighted by molar-refractivity contribution is 0.584. The summed E-state index contributed by atoms with van der Waals surface area (Å²) in [5.41, 5.74) is 3.05. The van der Waals surface area contributed by atoms with Crippen molar-refractivity contribution < 1.29 is 0 Å². The van der Waals surface area contributed by atoms with Gasteiger partial charge in [-0.1, -0.05) is 35.0 Å². The Labute approximate surface area is 94.0 Å². The first-order chi connectivity index (χ1) is 6.74. The molecule has 2 rings (SSSR count). The molecule has 0 bridgehead atoms. The monoisotopic (exact) mass is 253 g/mol. The average molecular weight is 254 g/mol. The maximum atomic E-state index is 3.65. The first-order valence-corrected chi connectivity index (χ1v) is 5.96. The molecule has 1 aliphatic carbocycles. The lowest BCUT2D eigenvalue weighted by Crippen LogP contribution is -2.15. The van der Waals surface area contributed by atoms with Crippen molar-refractivity contribution in [2.24, 2.45) is 0 Å². The average Bonchev–Trinajstić information content (AvgIpc) is 2.46. The van der Waals surface area contributed by atoms with Gasteiger partial charge in [0, 0.05) is 11.0 Å². The van der Waals surface area contributed by atoms with Gasteiger partial charge in [0.15, 0.2) is 0 Å². The Balaban J connectivity index is 2.39. The number of likely N-dealkylation sites (N-methyl/N-ethyl adjacent to an activating group) is 1. The highest BCUT2D eigenvalue weighted by Gasteiger charge is 2.28. The standard InChI is InChI=1S/C12H16BrN/c1-8-6-9(7-14-2)10-4-3-5-11(13)12(8)10/h3-5,8-9,14H,6-7H2,1-2H3. The van der Waals surface area contributed by atoms with E-state index in [1.807, 2.05) is 7.05 Å². The molecule has 14 heavy (non-hydrogen) atoms. The number of halogens is 1. The van der Waals surface area contributed by atoms with Gasteiger partial charge in [0.1, 0.15) is 0 Å². The summed E-state index contributed by atoms with van der Waals surface area (Å²) < 4.78 is 1.28. The predicted octanol–water partition coefficient (Wildman–Crippen LogP) is 3.26. The molecule has 2 atom stereocenters. The summed E-state index contributed by atoms with van der Waals surface area (Å²) in [5, 5.41) is 3.28. The molecule has 2 heteroatoms. The molecular formula is C12H16BrN. The topological polar surface area (TPSA) is 12.0 Å². The number of nitrogens with one attached hydrogen (secondary N) is 1. The Morgan fingerprint density at radius 3 is 3.00 bits per heavy atom. The highest BCUT2D eigenvalue weighted by atomic mass is 79.9. The van der Waals surface area contributed by atoms with Gasteiger partial charge in [-0.15, -0.1) is 0 Å². The summed E-state index contributed by atoms with van der Waals surface area (Å²) in [4.78, 5) is 0. The van der Waals surface area contributed by atoms with E-state index in [0.29, 0.717) is 11.8 Å². The first kappa shape index (κ1) is 10.2. The number of rotatable bonds is 2. The van der Waals surface area contributed by atoms with Gasteiger partial charge in [-0.05, 0) is 42.5 Å². The molecule has 1 aromatic carbocycles. The molecule has 1 aromatic rings. The molecule has 1 aliphatic rings. The zero-order chi connectivity index (χ0) is 10.1. The van der Waals surface area contributed by atoms with Crippen molar-refractivity contribution in [2.45, 2.75) is 25.2 Å². The van der Waals surface area contributed by atoms with E-state index in [4.69, 9.17) is 0 Å². The molecule has 0 radical (unpaired) electrons. The Bertz CT molecular complexity index is 335. The van der Waals surface area contributed by atoms with Crippen LogP contribution in [0.3, 0.4) is 0 Å². The van der Waals surface area contributed by atoms with Crippen LogP contribution in [0.2, 0.25) is 0 Å². The van der Waals surface area contributed by atoms with E-state index in [0.717, 1.165) is 6.54 Å². The zero-order valence-electron chi connectivity index (χ0n) is 8.68. The molecule has 0 aliphatic heterocycles. The molecule has 2 unspecified atom stereocenters. The summed E-state index contributed by atoms with van der Waals surface area (Å²) in [5.74, 6) is 1.39. The molecule has 0 amide bonds. The molecular weight excluding hydrogens is 238 g/mol. The van der Waals surface area contributed by atoms with E-state index in [2.05, 4.69) is 46.4 Å². The Kier molecular flexibility index (Phi) is 2.93. The van der Waals surface area contributed by atoms with E-state index in [1.165, 1.54) is 22.0 Å². The Morgan fingerprint density at radius 2 is 2.29 bits per heavy atom. The molecule has 1 N–H and O–H groups in total. The minimum absolute atomic E-state index is 0.693. The van der Waals surface area contributed by atoms with Gasteiger partial charge < -0.3 is 5.32 Å². The third kappa shape index (κ3) is 1.61. The predicted molar refractivity (Wildman–Crippen MR) is 63.8 cm³/mol. The van der Waals surface area contributed by atoms with Gasteiger partial charge >= 0.3 is 0 Å². The molecule has 0 fully saturated rings. The number of benzene rings is 1. The molecule has 0 saturated heterocycles. The quantitative estimate of drug-likeness (QED) is 0.854. The van der Waals surface area contributed by atoms with E-state index < -0.39 is 0 Å². The van der Waals surface area contributed by atoms with Crippen LogP contribution >= 0.6 is 15.9 Å². The van der Waals surface area contributed by atoms with Gasteiger partial charge in [0.2, 0.25) is 0 Å². The second-order valence-corrected chi connectivity index (χ2v) is 4.99. The molecule has 76 valence electrons. The number of fused-ring (bicyclic) bond motifs is 1. The molecule has 0 saturated carbocycles. The zero-order valence-corrected chi connectivity index (χ0v) is 10.3. The van der Waals surface area contributed by atoms with Crippen LogP contribution in [0.4, 0.5) is 0 Å². The van der Waals surface area contributed by atoms with E-state index >= 15 is 0 Å². The fourth-order valence-electron chi connectivity index (χ4n) is 2.54. The minimum Gasteiger partial charge on any atom is -0.319 e. The van der Waals surface area contributed by atoms with Crippen molar-refractivity contribution >= 4 is 15.9 Å². The van der Waals surface area contributed by atoms with Crippen LogP contribution < -0.4 is 5.32 Å². The minimum atomic E-state index is 0.693. The first-order valence-electron chi connectivity index (χ1n) is 5.17. The second-order valence-electron chi connectivity index (χ2n) is 4.13. The fraction of sp³-hybridized carbons (Fsp3) is 0.500. The summed E-state index contributed by atoms with van der Waals surface area (Å²) in [6.45, 7) is 3.41. The smallest absolute Gasteiger partial charge is 0.0212 e. The fourth-order valence-corrected chi connectivity index (χ4v) is 3.31. The number of hydrogen-bond acceptors (Lipinski definition) is 1. The van der Waals surface area contributed by atoms with Crippen LogP contribution in [-0.4, -0.2) is 13.6 Å². The van der Waals surface area contributed by atoms with Gasteiger partial charge in [0.25, 0.3) is 0 Å². The van der Waals surface area contributed by atoms with Crippen molar-refractivity contribution in [3.05, 3.63) is 33.8 Å². The van der Waals surface area contributed by atoms with E-state index in [9.17, 15) is 0 Å². The van der Waals surface area contributed by atoms with E-state index in [-0.39, 0.29) is 0 Å². The lowest BCUT2D eigenvalue weighted by Gasteiger charge is -2.10. The van der Waals surface area contributed by atoms with Crippen molar-refractivity contribution in [3.63, 3.8) is 0 Å². The summed E-state index contributed by atoms with van der Waals surface area (Å²) in [7, 11) is 2.03. The highest BCUT2D eigenvalue weighted by Crippen LogP contribution is 2.44. The van der Waals surface area contributed by atoms with Gasteiger partial charge in [-0.3, -0.25) is 0 Å². The van der Waals surface area contributed by atoms with Gasteiger partial charge in [0.05, 0.1) is 0 Å². The van der Waals surface area contributed by atoms with Crippen LogP contribution in [0.5, 0.6) is 0 Å². The van der Waals surface area contributed by atoms with Crippen molar-refractivity contribution in [3.8, 4) is 0 Å². The molecule has 1 nitrogen and oxygen atoms in total. The summed E-state index contributed by atoms with van der Waals surface area (Å²) >= 11 is 3.65. The van der Waals surface area contributed by atoms with Crippen LogP contribution in [0.15, 0.2) is 22.7 Å². The Morgan fingerprint density at radius 1 is 1.50 bits per heavy atom. The number of hydrogen-bond donors (Lipinski definition) is 1. The van der Waals surface area contributed by atoms with Crippen molar-refractivity contribution in [1.29, 1.82) is 0 Å². The summed E-state index contributed by atoms with van der Waals surface area (Å²) in [6, 6.07) is 6.56.